The Morgan fingerprint density at radius 2 is 2.05 bits per heavy atom. The zero-order valence-electron chi connectivity index (χ0n) is 10.5. The number of carbonyl (C=O) groups excluding carboxylic acids is 1. The van der Waals surface area contributed by atoms with E-state index >= 15 is 0 Å². The van der Waals surface area contributed by atoms with Gasteiger partial charge >= 0.3 is 0 Å². The molecule has 4 nitrogen and oxygen atoms in total. The average molecular weight is 340 g/mol. The number of nitrogens with one attached hydrogen (secondary N) is 1. The normalized spacial score (nSPS) is 10.2. The largest absolute Gasteiger partial charge is 0.504 e. The van der Waals surface area contributed by atoms with Crippen LogP contribution in [0.1, 0.15) is 10.4 Å². The molecule has 0 unspecified atom stereocenters. The van der Waals surface area contributed by atoms with Crippen molar-refractivity contribution in [2.75, 3.05) is 12.4 Å². The van der Waals surface area contributed by atoms with E-state index in [4.69, 9.17) is 4.74 Å². The van der Waals surface area contributed by atoms with Gasteiger partial charge in [-0.1, -0.05) is 0 Å². The minimum absolute atomic E-state index is 0.0939. The van der Waals surface area contributed by atoms with Crippen LogP contribution in [-0.2, 0) is 0 Å². The van der Waals surface area contributed by atoms with Gasteiger partial charge in [-0.05, 0) is 46.3 Å². The van der Waals surface area contributed by atoms with Gasteiger partial charge in [-0.3, -0.25) is 4.79 Å². The van der Waals surface area contributed by atoms with Crippen LogP contribution < -0.4 is 10.1 Å². The van der Waals surface area contributed by atoms with Gasteiger partial charge < -0.3 is 15.2 Å². The minimum atomic E-state index is -0.504. The van der Waals surface area contributed by atoms with E-state index in [2.05, 4.69) is 21.2 Å². The van der Waals surface area contributed by atoms with Crippen molar-refractivity contribution in [1.82, 2.24) is 0 Å². The zero-order valence-corrected chi connectivity index (χ0v) is 12.1. The molecule has 0 aliphatic rings. The predicted octanol–water partition coefficient (Wildman–Crippen LogP) is 3.55. The van der Waals surface area contributed by atoms with Gasteiger partial charge in [0.2, 0.25) is 0 Å². The number of rotatable bonds is 3. The zero-order chi connectivity index (χ0) is 14.7. The summed E-state index contributed by atoms with van der Waals surface area (Å²) in [5.74, 6) is -0.782. The fraction of sp³-hybridized carbons (Fsp3) is 0.0714. The number of phenols is 1. The predicted molar refractivity (Wildman–Crippen MR) is 76.7 cm³/mol. The summed E-state index contributed by atoms with van der Waals surface area (Å²) in [7, 11) is 1.43. The second-order valence-corrected chi connectivity index (χ2v) is 4.82. The van der Waals surface area contributed by atoms with Gasteiger partial charge in [0.25, 0.3) is 5.91 Å². The molecular formula is C14H11BrFNO3. The number of carbonyl (C=O) groups is 1. The third-order valence-electron chi connectivity index (χ3n) is 2.61. The van der Waals surface area contributed by atoms with E-state index < -0.39 is 11.7 Å². The van der Waals surface area contributed by atoms with E-state index in [0.717, 1.165) is 6.07 Å². The average Bonchev–Trinajstić information content (AvgIpc) is 2.41. The van der Waals surface area contributed by atoms with E-state index in [1.165, 1.54) is 31.4 Å². The van der Waals surface area contributed by atoms with Crippen molar-refractivity contribution in [3.63, 3.8) is 0 Å². The lowest BCUT2D eigenvalue weighted by atomic mass is 10.2. The summed E-state index contributed by atoms with van der Waals surface area (Å²) in [5, 5.41) is 12.2. The molecule has 104 valence electrons. The second kappa shape index (κ2) is 5.92. The molecular weight excluding hydrogens is 329 g/mol. The Labute approximate surface area is 123 Å². The van der Waals surface area contributed by atoms with Crippen molar-refractivity contribution in [2.45, 2.75) is 0 Å². The molecule has 0 radical (unpaired) electrons. The molecule has 0 heterocycles. The van der Waals surface area contributed by atoms with E-state index in [9.17, 15) is 14.3 Å². The maximum atomic E-state index is 13.2. The van der Waals surface area contributed by atoms with Crippen molar-refractivity contribution in [2.24, 2.45) is 0 Å². The second-order valence-electron chi connectivity index (χ2n) is 3.96. The van der Waals surface area contributed by atoms with Crippen LogP contribution in [0.15, 0.2) is 40.9 Å². The maximum Gasteiger partial charge on any atom is 0.256 e. The summed E-state index contributed by atoms with van der Waals surface area (Å²) >= 11 is 3.18. The van der Waals surface area contributed by atoms with Crippen molar-refractivity contribution in [3.8, 4) is 11.5 Å². The molecule has 2 aromatic carbocycles. The van der Waals surface area contributed by atoms with Crippen LogP contribution in [0.5, 0.6) is 11.5 Å². The van der Waals surface area contributed by atoms with Gasteiger partial charge in [-0.2, -0.15) is 0 Å². The number of hydrogen-bond acceptors (Lipinski definition) is 3. The third-order valence-corrected chi connectivity index (χ3v) is 3.30. The van der Waals surface area contributed by atoms with Crippen LogP contribution in [0.2, 0.25) is 0 Å². The topological polar surface area (TPSA) is 58.6 Å². The smallest absolute Gasteiger partial charge is 0.256 e. The van der Waals surface area contributed by atoms with Crippen LogP contribution >= 0.6 is 15.9 Å². The number of hydrogen-bond donors (Lipinski definition) is 2. The number of aromatic hydroxyl groups is 1. The fourth-order valence-corrected chi connectivity index (χ4v) is 2.06. The molecule has 6 heteroatoms. The summed E-state index contributed by atoms with van der Waals surface area (Å²) < 4.78 is 18.5. The lowest BCUT2D eigenvalue weighted by Gasteiger charge is -2.09. The van der Waals surface area contributed by atoms with Gasteiger partial charge in [0, 0.05) is 16.2 Å². The SMILES string of the molecule is COc1ccc(NC(=O)c2cc(F)ccc2Br)cc1O. The molecule has 0 bridgehead atoms. The summed E-state index contributed by atoms with van der Waals surface area (Å²) in [6.07, 6.45) is 0. The minimum Gasteiger partial charge on any atom is -0.504 e. The Balaban J connectivity index is 2.23. The molecule has 0 aromatic heterocycles. The van der Waals surface area contributed by atoms with Crippen molar-refractivity contribution in [1.29, 1.82) is 0 Å². The van der Waals surface area contributed by atoms with Crippen molar-refractivity contribution in [3.05, 3.63) is 52.3 Å². The quantitative estimate of drug-likeness (QED) is 0.898. The molecule has 0 fully saturated rings. The number of benzene rings is 2. The molecule has 2 rings (SSSR count). The number of ether oxygens (including phenoxy) is 1. The van der Waals surface area contributed by atoms with Gasteiger partial charge in [-0.25, -0.2) is 4.39 Å². The fourth-order valence-electron chi connectivity index (χ4n) is 1.64. The lowest BCUT2D eigenvalue weighted by Crippen LogP contribution is -2.12. The number of methoxy groups -OCH3 is 1. The molecule has 20 heavy (non-hydrogen) atoms. The summed E-state index contributed by atoms with van der Waals surface area (Å²) in [5.41, 5.74) is 0.546. The van der Waals surface area contributed by atoms with Crippen molar-refractivity contribution >= 4 is 27.5 Å². The van der Waals surface area contributed by atoms with Crippen LogP contribution in [0.4, 0.5) is 10.1 Å². The first kappa shape index (κ1) is 14.3. The molecule has 0 saturated heterocycles. The van der Waals surface area contributed by atoms with Crippen LogP contribution in [0, 0.1) is 5.82 Å². The molecule has 0 saturated carbocycles. The molecule has 2 aromatic rings. The van der Waals surface area contributed by atoms with Crippen molar-refractivity contribution < 1.29 is 19.0 Å². The molecule has 0 atom stereocenters. The van der Waals surface area contributed by atoms with Crippen LogP contribution in [0.25, 0.3) is 0 Å². The summed E-state index contributed by atoms with van der Waals surface area (Å²) in [6.45, 7) is 0. The Morgan fingerprint density at radius 1 is 1.30 bits per heavy atom. The van der Waals surface area contributed by atoms with Crippen LogP contribution in [0.3, 0.4) is 0 Å². The first-order chi connectivity index (χ1) is 9.51. The van der Waals surface area contributed by atoms with Crippen LogP contribution in [-0.4, -0.2) is 18.1 Å². The monoisotopic (exact) mass is 339 g/mol. The third kappa shape index (κ3) is 3.08. The lowest BCUT2D eigenvalue weighted by molar-refractivity contribution is 0.102. The van der Waals surface area contributed by atoms with Gasteiger partial charge in [0.1, 0.15) is 5.82 Å². The molecule has 1 amide bonds. The van der Waals surface area contributed by atoms with E-state index in [0.29, 0.717) is 15.9 Å². The van der Waals surface area contributed by atoms with Gasteiger partial charge in [0.05, 0.1) is 12.7 Å². The van der Waals surface area contributed by atoms with Gasteiger partial charge in [0.15, 0.2) is 11.5 Å². The molecule has 0 aliphatic heterocycles. The number of halogens is 2. The maximum absolute atomic E-state index is 13.2. The Morgan fingerprint density at radius 3 is 2.70 bits per heavy atom. The Kier molecular flexibility index (Phi) is 4.24. The highest BCUT2D eigenvalue weighted by Crippen LogP contribution is 2.29. The van der Waals surface area contributed by atoms with E-state index in [1.54, 1.807) is 6.07 Å². The summed E-state index contributed by atoms with van der Waals surface area (Å²) in [6, 6.07) is 8.28. The van der Waals surface area contributed by atoms with E-state index in [1.807, 2.05) is 0 Å². The van der Waals surface area contributed by atoms with E-state index in [-0.39, 0.29) is 11.3 Å². The molecule has 0 aliphatic carbocycles. The molecule has 0 spiro atoms. The standard InChI is InChI=1S/C14H11BrFNO3/c1-20-13-5-3-9(7-12(13)18)17-14(19)10-6-8(16)2-4-11(10)15/h2-7,18H,1H3,(H,17,19). The number of anilines is 1. The highest BCUT2D eigenvalue weighted by atomic mass is 79.9. The molecule has 2 N–H and O–H groups in total. The number of amides is 1. The first-order valence-corrected chi connectivity index (χ1v) is 6.44. The Hall–Kier alpha value is -2.08. The Bertz CT molecular complexity index is 661. The first-order valence-electron chi connectivity index (χ1n) is 5.64. The highest BCUT2D eigenvalue weighted by Gasteiger charge is 2.12. The number of phenolic OH excluding ortho intramolecular Hbond substituents is 1. The van der Waals surface area contributed by atoms with Gasteiger partial charge in [-0.15, -0.1) is 0 Å². The summed E-state index contributed by atoms with van der Waals surface area (Å²) in [4.78, 5) is 12.0. The highest BCUT2D eigenvalue weighted by molar-refractivity contribution is 9.10.